The minimum Gasteiger partial charge on any atom is -0.359 e. The van der Waals surface area contributed by atoms with E-state index in [-0.39, 0.29) is 18.2 Å². The first-order valence-corrected chi connectivity index (χ1v) is 5.18. The number of halogens is 1. The lowest BCUT2D eigenvalue weighted by molar-refractivity contribution is -0.000809. The molecule has 0 aliphatic carbocycles. The van der Waals surface area contributed by atoms with Crippen molar-refractivity contribution < 1.29 is 9.13 Å². The van der Waals surface area contributed by atoms with Crippen LogP contribution in [0.1, 0.15) is 20.8 Å². The average Bonchev–Trinajstić information content (AvgIpc) is 2.14. The highest BCUT2D eigenvalue weighted by atomic mass is 19.1. The topological polar surface area (TPSA) is 33.3 Å². The first kappa shape index (κ1) is 11.9. The Balaban J connectivity index is 2.24. The van der Waals surface area contributed by atoms with Gasteiger partial charge in [-0.2, -0.15) is 0 Å². The molecule has 4 heteroatoms. The van der Waals surface area contributed by atoms with Crippen LogP contribution in [0, 0.1) is 5.41 Å². The fourth-order valence-corrected chi connectivity index (χ4v) is 1.56. The summed E-state index contributed by atoms with van der Waals surface area (Å²) in [6.07, 6.45) is -0.0376. The summed E-state index contributed by atoms with van der Waals surface area (Å²) in [6.45, 7) is 8.00. The van der Waals surface area contributed by atoms with Gasteiger partial charge in [-0.3, -0.25) is 5.32 Å². The predicted octanol–water partition coefficient (Wildman–Crippen LogP) is 0.906. The number of alkyl halides is 1. The Hall–Kier alpha value is -0.190. The van der Waals surface area contributed by atoms with Crippen LogP contribution in [0.5, 0.6) is 0 Å². The van der Waals surface area contributed by atoms with Crippen molar-refractivity contribution in [3.8, 4) is 0 Å². The van der Waals surface area contributed by atoms with E-state index in [1.807, 2.05) is 0 Å². The van der Waals surface area contributed by atoms with Crippen LogP contribution in [0.3, 0.4) is 0 Å². The Kier molecular flexibility index (Phi) is 4.29. The van der Waals surface area contributed by atoms with E-state index in [9.17, 15) is 4.39 Å². The minimum absolute atomic E-state index is 0.0376. The zero-order valence-electron chi connectivity index (χ0n) is 9.27. The Morgan fingerprint density at radius 2 is 2.00 bits per heavy atom. The fraction of sp³-hybridized carbons (Fsp3) is 1.00. The maximum Gasteiger partial charge on any atom is 0.120 e. The maximum absolute atomic E-state index is 11.8. The second-order valence-corrected chi connectivity index (χ2v) is 4.78. The van der Waals surface area contributed by atoms with Gasteiger partial charge in [0.1, 0.15) is 12.9 Å². The quantitative estimate of drug-likeness (QED) is 0.717. The molecule has 1 rings (SSSR count). The molecule has 0 saturated carbocycles. The summed E-state index contributed by atoms with van der Waals surface area (Å²) >= 11 is 0. The van der Waals surface area contributed by atoms with Crippen LogP contribution in [0.25, 0.3) is 0 Å². The van der Waals surface area contributed by atoms with Crippen molar-refractivity contribution in [1.82, 2.24) is 10.6 Å². The monoisotopic (exact) mass is 204 g/mol. The molecule has 2 N–H and O–H groups in total. The molecule has 0 spiro atoms. The van der Waals surface area contributed by atoms with E-state index in [1.165, 1.54) is 0 Å². The van der Waals surface area contributed by atoms with Crippen LogP contribution in [-0.4, -0.2) is 38.6 Å². The first-order chi connectivity index (χ1) is 6.54. The third-order valence-corrected chi connectivity index (χ3v) is 2.54. The van der Waals surface area contributed by atoms with Crippen LogP contribution in [0.4, 0.5) is 4.39 Å². The van der Waals surface area contributed by atoms with Gasteiger partial charge in [0.15, 0.2) is 0 Å². The highest BCUT2D eigenvalue weighted by Gasteiger charge is 2.28. The molecule has 1 heterocycles. The van der Waals surface area contributed by atoms with E-state index >= 15 is 0 Å². The summed E-state index contributed by atoms with van der Waals surface area (Å²) in [5, 5.41) is 6.67. The molecular formula is C10H21FN2O. The van der Waals surface area contributed by atoms with E-state index in [1.54, 1.807) is 0 Å². The molecule has 0 aromatic heterocycles. The van der Waals surface area contributed by atoms with Crippen molar-refractivity contribution in [3.05, 3.63) is 0 Å². The van der Waals surface area contributed by atoms with Crippen molar-refractivity contribution in [2.45, 2.75) is 33.0 Å². The third-order valence-electron chi connectivity index (χ3n) is 2.54. The smallest absolute Gasteiger partial charge is 0.120 e. The standard InChI is InChI=1S/C10H21FN2O/c1-10(2,3)8-6-13-9(7-12-8)14-5-4-11/h8-9,12-13H,4-7H2,1-3H3. The van der Waals surface area contributed by atoms with E-state index in [0.717, 1.165) is 13.1 Å². The molecule has 0 radical (unpaired) electrons. The molecule has 1 fully saturated rings. The highest BCUT2D eigenvalue weighted by molar-refractivity contribution is 4.87. The molecule has 0 amide bonds. The number of hydrogen-bond donors (Lipinski definition) is 2. The molecule has 0 bridgehead atoms. The summed E-state index contributed by atoms with van der Waals surface area (Å²) in [7, 11) is 0. The third kappa shape index (κ3) is 3.52. The molecule has 14 heavy (non-hydrogen) atoms. The van der Waals surface area contributed by atoms with Gasteiger partial charge < -0.3 is 10.1 Å². The summed E-state index contributed by atoms with van der Waals surface area (Å²) in [5.41, 5.74) is 0.248. The van der Waals surface area contributed by atoms with E-state index in [4.69, 9.17) is 4.74 Å². The van der Waals surface area contributed by atoms with Gasteiger partial charge in [0.05, 0.1) is 6.61 Å². The summed E-state index contributed by atoms with van der Waals surface area (Å²) < 4.78 is 17.1. The Morgan fingerprint density at radius 3 is 2.43 bits per heavy atom. The highest BCUT2D eigenvalue weighted by Crippen LogP contribution is 2.20. The van der Waals surface area contributed by atoms with Gasteiger partial charge in [-0.15, -0.1) is 0 Å². The second kappa shape index (κ2) is 5.05. The van der Waals surface area contributed by atoms with Crippen LogP contribution >= 0.6 is 0 Å². The molecule has 2 atom stereocenters. The zero-order chi connectivity index (χ0) is 10.6. The van der Waals surface area contributed by atoms with Crippen molar-refractivity contribution in [3.63, 3.8) is 0 Å². The molecule has 1 aliphatic heterocycles. The Labute approximate surface area is 85.4 Å². The normalized spacial score (nSPS) is 29.1. The number of piperazine rings is 1. The lowest BCUT2D eigenvalue weighted by atomic mass is 9.86. The molecule has 3 nitrogen and oxygen atoms in total. The van der Waals surface area contributed by atoms with Crippen LogP contribution in [0.15, 0.2) is 0 Å². The number of rotatable bonds is 3. The molecular weight excluding hydrogens is 183 g/mol. The van der Waals surface area contributed by atoms with Crippen molar-refractivity contribution in [2.75, 3.05) is 26.4 Å². The summed E-state index contributed by atoms with van der Waals surface area (Å²) in [4.78, 5) is 0. The first-order valence-electron chi connectivity index (χ1n) is 5.18. The predicted molar refractivity (Wildman–Crippen MR) is 55.0 cm³/mol. The Bertz CT molecular complexity index is 162. The maximum atomic E-state index is 11.8. The average molecular weight is 204 g/mol. The molecule has 84 valence electrons. The van der Waals surface area contributed by atoms with Crippen molar-refractivity contribution in [2.24, 2.45) is 5.41 Å². The molecule has 0 aromatic carbocycles. The van der Waals surface area contributed by atoms with Gasteiger partial charge in [0.2, 0.25) is 0 Å². The second-order valence-electron chi connectivity index (χ2n) is 4.78. The molecule has 1 saturated heterocycles. The molecule has 2 unspecified atom stereocenters. The van der Waals surface area contributed by atoms with Gasteiger partial charge in [-0.25, -0.2) is 4.39 Å². The Morgan fingerprint density at radius 1 is 1.29 bits per heavy atom. The largest absolute Gasteiger partial charge is 0.359 e. The van der Waals surface area contributed by atoms with E-state index in [2.05, 4.69) is 31.4 Å². The van der Waals surface area contributed by atoms with Crippen molar-refractivity contribution in [1.29, 1.82) is 0 Å². The van der Waals surface area contributed by atoms with Crippen LogP contribution in [0.2, 0.25) is 0 Å². The number of ether oxygens (including phenoxy) is 1. The fourth-order valence-electron chi connectivity index (χ4n) is 1.56. The summed E-state index contributed by atoms with van der Waals surface area (Å²) in [5.74, 6) is 0. The summed E-state index contributed by atoms with van der Waals surface area (Å²) in [6, 6.07) is 0.452. The van der Waals surface area contributed by atoms with Gasteiger partial charge in [-0.1, -0.05) is 20.8 Å². The number of hydrogen-bond acceptors (Lipinski definition) is 3. The van der Waals surface area contributed by atoms with Gasteiger partial charge >= 0.3 is 0 Å². The van der Waals surface area contributed by atoms with Gasteiger partial charge in [0, 0.05) is 19.1 Å². The van der Waals surface area contributed by atoms with Crippen LogP contribution < -0.4 is 10.6 Å². The molecule has 0 aromatic rings. The minimum atomic E-state index is -0.416. The van der Waals surface area contributed by atoms with E-state index in [0.29, 0.717) is 6.04 Å². The SMILES string of the molecule is CC(C)(C)C1CNC(OCCF)CN1. The van der Waals surface area contributed by atoms with Gasteiger partial charge in [0.25, 0.3) is 0 Å². The lowest BCUT2D eigenvalue weighted by Crippen LogP contribution is -2.59. The van der Waals surface area contributed by atoms with Crippen LogP contribution in [-0.2, 0) is 4.74 Å². The van der Waals surface area contributed by atoms with E-state index < -0.39 is 6.67 Å². The van der Waals surface area contributed by atoms with Gasteiger partial charge in [-0.05, 0) is 5.41 Å². The molecule has 1 aliphatic rings. The van der Waals surface area contributed by atoms with Crippen molar-refractivity contribution >= 4 is 0 Å². The number of nitrogens with one attached hydrogen (secondary N) is 2. The lowest BCUT2D eigenvalue weighted by Gasteiger charge is -2.38. The zero-order valence-corrected chi connectivity index (χ0v) is 9.27.